The van der Waals surface area contributed by atoms with E-state index in [1.54, 1.807) is 0 Å². The second kappa shape index (κ2) is 2.30. The van der Waals surface area contributed by atoms with Crippen molar-refractivity contribution < 1.29 is 0 Å². The van der Waals surface area contributed by atoms with Gasteiger partial charge in [-0.05, 0) is 0 Å². The molecule has 0 bridgehead atoms. The summed E-state index contributed by atoms with van der Waals surface area (Å²) in [5, 5.41) is 0. The molecule has 74 valence electrons. The predicted octanol–water partition coefficient (Wildman–Crippen LogP) is -0.149. The average Bonchev–Trinajstić information content (AvgIpc) is 2.16. The average molecular weight is 291 g/mol. The van der Waals surface area contributed by atoms with Crippen LogP contribution in [0, 0.1) is 0 Å². The van der Waals surface area contributed by atoms with Gasteiger partial charge in [-0.1, -0.05) is 0 Å². The standard InChI is InChI=1S/2C4H8N2.Sb.H/c2*1-4(5-2)6-3;;/h2*1H2,2-3H3;;/q2*-2;+4;. The van der Waals surface area contributed by atoms with Crippen LogP contribution in [0.25, 0.3) is 0 Å². The van der Waals surface area contributed by atoms with E-state index in [9.17, 15) is 0 Å². The summed E-state index contributed by atoms with van der Waals surface area (Å²) in [6, 6.07) is 0. The summed E-state index contributed by atoms with van der Waals surface area (Å²) in [6.07, 6.45) is 0. The molecular formula is C8H17N4Sb. The Morgan fingerprint density at radius 1 is 0.769 bits per heavy atom. The molecule has 0 aromatic carbocycles. The molecule has 0 aliphatic carbocycles. The number of nitrogens with zero attached hydrogens (tertiary/aromatic N) is 4. The Morgan fingerprint density at radius 3 is 1.23 bits per heavy atom. The molecule has 2 aliphatic heterocycles. The third-order valence-electron chi connectivity index (χ3n) is 3.35. The third kappa shape index (κ3) is 0.665. The minimum atomic E-state index is -2.49. The molecule has 0 amide bonds. The first-order valence-corrected chi connectivity index (χ1v) is 9.39. The SMILES string of the molecule is C=C1[N](C)[SbH]2([N]1C)[N](C)C(=C)[N]2C. The Balaban J connectivity index is 2.34. The van der Waals surface area contributed by atoms with E-state index in [2.05, 4.69) is 53.6 Å². The van der Waals surface area contributed by atoms with E-state index >= 15 is 0 Å². The zero-order valence-corrected chi connectivity index (χ0v) is 11.6. The monoisotopic (exact) mass is 290 g/mol. The van der Waals surface area contributed by atoms with Crippen molar-refractivity contribution in [3.8, 4) is 0 Å². The van der Waals surface area contributed by atoms with Crippen molar-refractivity contribution in [1.82, 2.24) is 12.2 Å². The summed E-state index contributed by atoms with van der Waals surface area (Å²) in [7, 11) is 8.55. The molecule has 1 spiro atoms. The maximum atomic E-state index is 4.02. The van der Waals surface area contributed by atoms with Gasteiger partial charge in [0.15, 0.2) is 0 Å². The Morgan fingerprint density at radius 2 is 1.00 bits per heavy atom. The Bertz CT molecular complexity index is 243. The van der Waals surface area contributed by atoms with Gasteiger partial charge in [-0.25, -0.2) is 0 Å². The van der Waals surface area contributed by atoms with Crippen LogP contribution in [0.3, 0.4) is 0 Å². The zero-order valence-electron chi connectivity index (χ0n) is 8.70. The molecule has 0 unspecified atom stereocenters. The Hall–Kier alpha value is -0.502. The molecule has 2 aliphatic rings. The van der Waals surface area contributed by atoms with Crippen molar-refractivity contribution in [2.24, 2.45) is 0 Å². The van der Waals surface area contributed by atoms with Gasteiger partial charge in [-0.2, -0.15) is 0 Å². The van der Waals surface area contributed by atoms with Gasteiger partial charge < -0.3 is 0 Å². The van der Waals surface area contributed by atoms with Gasteiger partial charge in [-0.3, -0.25) is 0 Å². The molecule has 2 heterocycles. The first-order valence-electron chi connectivity index (χ1n) is 4.28. The van der Waals surface area contributed by atoms with Crippen molar-refractivity contribution in [3.63, 3.8) is 0 Å². The molecular weight excluding hydrogens is 274 g/mol. The molecule has 5 heteroatoms. The summed E-state index contributed by atoms with van der Waals surface area (Å²) in [5.74, 6) is 2.25. The van der Waals surface area contributed by atoms with Crippen molar-refractivity contribution in [3.05, 3.63) is 24.8 Å². The van der Waals surface area contributed by atoms with E-state index < -0.39 is 19.9 Å². The Labute approximate surface area is 85.1 Å². The topological polar surface area (TPSA) is 13.0 Å². The second-order valence-corrected chi connectivity index (χ2v) is 14.8. The van der Waals surface area contributed by atoms with Crippen LogP contribution in [0.5, 0.6) is 0 Å². The molecule has 2 fully saturated rings. The minimum absolute atomic E-state index is 1.13. The van der Waals surface area contributed by atoms with Gasteiger partial charge in [0.1, 0.15) is 0 Å². The summed E-state index contributed by atoms with van der Waals surface area (Å²) >= 11 is -2.49. The fourth-order valence-electron chi connectivity index (χ4n) is 2.40. The van der Waals surface area contributed by atoms with Crippen LogP contribution in [0.1, 0.15) is 0 Å². The molecule has 0 atom stereocenters. The summed E-state index contributed by atoms with van der Waals surface area (Å²) < 4.78 is 9.40. The fraction of sp³-hybridized carbons (Fsp3) is 0.500. The van der Waals surface area contributed by atoms with Crippen molar-refractivity contribution in [2.45, 2.75) is 0 Å². The fourth-order valence-corrected chi connectivity index (χ4v) is 15.0. The van der Waals surface area contributed by atoms with Crippen molar-refractivity contribution in [2.75, 3.05) is 28.2 Å². The van der Waals surface area contributed by atoms with Crippen LogP contribution in [-0.4, -0.2) is 60.3 Å². The summed E-state index contributed by atoms with van der Waals surface area (Å²) in [4.78, 5) is 0. The van der Waals surface area contributed by atoms with Crippen LogP contribution in [0.2, 0.25) is 0 Å². The van der Waals surface area contributed by atoms with E-state index in [0.717, 1.165) is 11.6 Å². The Kier molecular flexibility index (Phi) is 1.60. The number of hydrogen-bond donors (Lipinski definition) is 0. The maximum absolute atomic E-state index is 4.02. The van der Waals surface area contributed by atoms with Gasteiger partial charge in [0.2, 0.25) is 0 Å². The van der Waals surface area contributed by atoms with Gasteiger partial charge in [0.05, 0.1) is 0 Å². The summed E-state index contributed by atoms with van der Waals surface area (Å²) in [6.45, 7) is 8.03. The third-order valence-corrected chi connectivity index (χ3v) is 16.6. The van der Waals surface area contributed by atoms with Crippen LogP contribution < -0.4 is 0 Å². The van der Waals surface area contributed by atoms with Gasteiger partial charge in [0, 0.05) is 0 Å². The first-order chi connectivity index (χ1) is 5.95. The van der Waals surface area contributed by atoms with Crippen LogP contribution >= 0.6 is 0 Å². The first kappa shape index (κ1) is 9.07. The normalized spacial score (nSPS) is 27.7. The van der Waals surface area contributed by atoms with Crippen molar-refractivity contribution >= 4 is 19.9 Å². The zero-order chi connectivity index (χ0) is 9.96. The predicted molar refractivity (Wildman–Crippen MR) is 56.5 cm³/mol. The molecule has 2 rings (SSSR count). The van der Waals surface area contributed by atoms with E-state index in [1.165, 1.54) is 0 Å². The molecule has 0 radical (unpaired) electrons. The molecule has 4 nitrogen and oxygen atoms in total. The van der Waals surface area contributed by atoms with Crippen molar-refractivity contribution in [1.29, 1.82) is 0 Å². The molecule has 0 saturated carbocycles. The second-order valence-electron chi connectivity index (χ2n) is 3.67. The van der Waals surface area contributed by atoms with Crippen LogP contribution in [-0.2, 0) is 0 Å². The number of rotatable bonds is 0. The molecule has 0 aromatic heterocycles. The van der Waals surface area contributed by atoms with Crippen LogP contribution in [0.15, 0.2) is 24.8 Å². The quantitative estimate of drug-likeness (QED) is 0.576. The summed E-state index contributed by atoms with van der Waals surface area (Å²) in [5.41, 5.74) is 0. The van der Waals surface area contributed by atoms with Gasteiger partial charge in [-0.15, -0.1) is 0 Å². The molecule has 0 N–H and O–H groups in total. The van der Waals surface area contributed by atoms with Gasteiger partial charge in [0.25, 0.3) is 0 Å². The van der Waals surface area contributed by atoms with E-state index in [1.807, 2.05) is 0 Å². The van der Waals surface area contributed by atoms with Crippen LogP contribution in [0.4, 0.5) is 0 Å². The van der Waals surface area contributed by atoms with Gasteiger partial charge >= 0.3 is 85.1 Å². The molecule has 0 aromatic rings. The van der Waals surface area contributed by atoms with E-state index in [0.29, 0.717) is 0 Å². The molecule has 13 heavy (non-hydrogen) atoms. The molecule has 2 saturated heterocycles. The number of hydrogen-bond acceptors (Lipinski definition) is 4. The van der Waals surface area contributed by atoms with E-state index in [4.69, 9.17) is 0 Å². The van der Waals surface area contributed by atoms with E-state index in [-0.39, 0.29) is 0 Å².